The van der Waals surface area contributed by atoms with E-state index in [-0.39, 0.29) is 5.91 Å². The Bertz CT molecular complexity index is 1250. The first-order valence-electron chi connectivity index (χ1n) is 11.2. The second-order valence-electron chi connectivity index (χ2n) is 7.90. The zero-order valence-corrected chi connectivity index (χ0v) is 18.7. The van der Waals surface area contributed by atoms with E-state index in [1.54, 1.807) is 6.21 Å². The smallest absolute Gasteiger partial charge is 0.335 e. The number of amides is 3. The van der Waals surface area contributed by atoms with Crippen LogP contribution in [0.5, 0.6) is 0 Å². The number of aromatic amines is 1. The van der Waals surface area contributed by atoms with Crippen molar-refractivity contribution in [1.82, 2.24) is 21.0 Å². The van der Waals surface area contributed by atoms with Crippen LogP contribution in [-0.4, -0.2) is 35.7 Å². The van der Waals surface area contributed by atoms with Crippen molar-refractivity contribution in [3.05, 3.63) is 108 Å². The standard InChI is InChI=1S/C27H27N5O2/c33-26(28-16-15-20-9-3-1-4-10-20)25(17-22-19-29-24-14-8-7-13-23(22)24)31-27(34)32-30-18-21-11-5-2-6-12-21/h1-14,18-19,25,29H,15-17H2,(H,28,33)(H2,31,32,34)/b30-18+/t25-/m1/s1. The molecule has 4 aromatic rings. The number of hydrogen-bond donors (Lipinski definition) is 4. The third kappa shape index (κ3) is 6.32. The highest BCUT2D eigenvalue weighted by atomic mass is 16.2. The first-order chi connectivity index (χ1) is 16.7. The van der Waals surface area contributed by atoms with E-state index in [4.69, 9.17) is 0 Å². The molecule has 4 rings (SSSR count). The first kappa shape index (κ1) is 22.8. The number of carbonyl (C=O) groups excluding carboxylic acids is 2. The fourth-order valence-corrected chi connectivity index (χ4v) is 3.72. The molecule has 172 valence electrons. The van der Waals surface area contributed by atoms with Gasteiger partial charge in [-0.1, -0.05) is 78.9 Å². The number of nitrogens with one attached hydrogen (secondary N) is 4. The highest BCUT2D eigenvalue weighted by Crippen LogP contribution is 2.19. The van der Waals surface area contributed by atoms with Gasteiger partial charge in [0.25, 0.3) is 0 Å². The lowest BCUT2D eigenvalue weighted by Gasteiger charge is -2.18. The zero-order chi connectivity index (χ0) is 23.6. The SMILES string of the molecule is O=C(N/N=C/c1ccccc1)N[C@H](Cc1c[nH]c2ccccc12)C(=O)NCCc1ccccc1. The Morgan fingerprint density at radius 1 is 0.912 bits per heavy atom. The van der Waals surface area contributed by atoms with E-state index in [2.05, 4.69) is 26.1 Å². The second kappa shape index (κ2) is 11.5. The summed E-state index contributed by atoms with van der Waals surface area (Å²) in [6, 6.07) is 25.9. The Morgan fingerprint density at radius 3 is 2.41 bits per heavy atom. The lowest BCUT2D eigenvalue weighted by molar-refractivity contribution is -0.122. The number of urea groups is 1. The van der Waals surface area contributed by atoms with Gasteiger partial charge in [0, 0.05) is 30.1 Å². The quantitative estimate of drug-likeness (QED) is 0.229. The van der Waals surface area contributed by atoms with Crippen LogP contribution in [0.1, 0.15) is 16.7 Å². The lowest BCUT2D eigenvalue weighted by atomic mass is 10.0. The summed E-state index contributed by atoms with van der Waals surface area (Å²) < 4.78 is 0. The molecule has 0 unspecified atom stereocenters. The number of benzene rings is 3. The molecule has 0 aliphatic heterocycles. The molecule has 0 aliphatic carbocycles. The maximum Gasteiger partial charge on any atom is 0.335 e. The predicted octanol–water partition coefficient (Wildman–Crippen LogP) is 3.77. The molecular formula is C27H27N5O2. The number of aromatic nitrogens is 1. The number of hydrazone groups is 1. The third-order valence-electron chi connectivity index (χ3n) is 5.46. The summed E-state index contributed by atoms with van der Waals surface area (Å²) in [5.41, 5.74) is 6.38. The molecule has 3 aromatic carbocycles. The number of fused-ring (bicyclic) bond motifs is 1. The minimum absolute atomic E-state index is 0.247. The Hall–Kier alpha value is -4.39. The maximum atomic E-state index is 13.0. The highest BCUT2D eigenvalue weighted by molar-refractivity contribution is 5.89. The van der Waals surface area contributed by atoms with E-state index < -0.39 is 12.1 Å². The Labute approximate surface area is 198 Å². The summed E-state index contributed by atoms with van der Waals surface area (Å²) in [4.78, 5) is 28.8. The van der Waals surface area contributed by atoms with E-state index in [0.29, 0.717) is 19.4 Å². The van der Waals surface area contributed by atoms with Crippen molar-refractivity contribution >= 4 is 29.1 Å². The number of para-hydroxylation sites is 1. The molecule has 0 spiro atoms. The molecule has 0 aliphatic rings. The van der Waals surface area contributed by atoms with Crippen molar-refractivity contribution in [1.29, 1.82) is 0 Å². The number of hydrogen-bond acceptors (Lipinski definition) is 3. The van der Waals surface area contributed by atoms with Crippen LogP contribution in [0.15, 0.2) is 96.2 Å². The Balaban J connectivity index is 1.41. The van der Waals surface area contributed by atoms with Crippen LogP contribution in [0.2, 0.25) is 0 Å². The van der Waals surface area contributed by atoms with Gasteiger partial charge in [-0.15, -0.1) is 0 Å². The monoisotopic (exact) mass is 453 g/mol. The predicted molar refractivity (Wildman–Crippen MR) is 135 cm³/mol. The van der Waals surface area contributed by atoms with Gasteiger partial charge in [-0.2, -0.15) is 5.10 Å². The van der Waals surface area contributed by atoms with Crippen molar-refractivity contribution in [2.45, 2.75) is 18.9 Å². The first-order valence-corrected chi connectivity index (χ1v) is 11.2. The summed E-state index contributed by atoms with van der Waals surface area (Å²) >= 11 is 0. The van der Waals surface area contributed by atoms with Crippen LogP contribution < -0.4 is 16.1 Å². The van der Waals surface area contributed by atoms with Gasteiger partial charge in [0.05, 0.1) is 6.21 Å². The van der Waals surface area contributed by atoms with Crippen molar-refractivity contribution in [2.75, 3.05) is 6.54 Å². The molecule has 7 heteroatoms. The number of carbonyl (C=O) groups is 2. The van der Waals surface area contributed by atoms with Gasteiger partial charge in [0.1, 0.15) is 6.04 Å². The van der Waals surface area contributed by atoms with Crippen LogP contribution >= 0.6 is 0 Å². The summed E-state index contributed by atoms with van der Waals surface area (Å²) in [5, 5.41) is 10.7. The normalized spacial score (nSPS) is 11.9. The third-order valence-corrected chi connectivity index (χ3v) is 5.46. The van der Waals surface area contributed by atoms with Gasteiger partial charge in [0.15, 0.2) is 0 Å². The minimum atomic E-state index is -0.762. The van der Waals surface area contributed by atoms with Gasteiger partial charge >= 0.3 is 6.03 Å². The Morgan fingerprint density at radius 2 is 1.62 bits per heavy atom. The van der Waals surface area contributed by atoms with Gasteiger partial charge in [-0.25, -0.2) is 10.2 Å². The number of nitrogens with zero attached hydrogens (tertiary/aromatic N) is 1. The van der Waals surface area contributed by atoms with E-state index in [1.807, 2.05) is 91.1 Å². The molecule has 7 nitrogen and oxygen atoms in total. The van der Waals surface area contributed by atoms with Crippen LogP contribution in [0.4, 0.5) is 4.79 Å². The second-order valence-corrected chi connectivity index (χ2v) is 7.90. The zero-order valence-electron chi connectivity index (χ0n) is 18.7. The number of rotatable bonds is 9. The van der Waals surface area contributed by atoms with E-state index in [0.717, 1.165) is 27.6 Å². The van der Waals surface area contributed by atoms with Crippen molar-refractivity contribution < 1.29 is 9.59 Å². The topological polar surface area (TPSA) is 98.4 Å². The summed E-state index contributed by atoms with van der Waals surface area (Å²) in [6.07, 6.45) is 4.48. The van der Waals surface area contributed by atoms with Gasteiger partial charge in [0.2, 0.25) is 5.91 Å². The molecule has 1 heterocycles. The fourth-order valence-electron chi connectivity index (χ4n) is 3.72. The van der Waals surface area contributed by atoms with E-state index >= 15 is 0 Å². The maximum absolute atomic E-state index is 13.0. The summed E-state index contributed by atoms with van der Waals surface area (Å²) in [7, 11) is 0. The van der Waals surface area contributed by atoms with Crippen LogP contribution in [0.25, 0.3) is 10.9 Å². The highest BCUT2D eigenvalue weighted by Gasteiger charge is 2.22. The van der Waals surface area contributed by atoms with Crippen LogP contribution in [0.3, 0.4) is 0 Å². The summed E-state index contributed by atoms with van der Waals surface area (Å²) in [5.74, 6) is -0.247. The van der Waals surface area contributed by atoms with Crippen molar-refractivity contribution in [3.63, 3.8) is 0 Å². The van der Waals surface area contributed by atoms with Crippen LogP contribution in [0, 0.1) is 0 Å². The molecule has 3 amide bonds. The molecule has 4 N–H and O–H groups in total. The molecule has 0 bridgehead atoms. The van der Waals surface area contributed by atoms with Crippen LogP contribution in [-0.2, 0) is 17.6 Å². The van der Waals surface area contributed by atoms with E-state index in [1.165, 1.54) is 0 Å². The molecule has 1 aromatic heterocycles. The number of H-pyrrole nitrogens is 1. The molecule has 34 heavy (non-hydrogen) atoms. The van der Waals surface area contributed by atoms with Crippen molar-refractivity contribution in [2.24, 2.45) is 5.10 Å². The molecule has 1 atom stereocenters. The van der Waals surface area contributed by atoms with Crippen molar-refractivity contribution in [3.8, 4) is 0 Å². The van der Waals surface area contributed by atoms with E-state index in [9.17, 15) is 9.59 Å². The summed E-state index contributed by atoms with van der Waals surface area (Å²) in [6.45, 7) is 0.475. The molecular weight excluding hydrogens is 426 g/mol. The molecule has 0 saturated heterocycles. The van der Waals surface area contributed by atoms with Gasteiger partial charge in [-0.3, -0.25) is 4.79 Å². The molecule has 0 saturated carbocycles. The minimum Gasteiger partial charge on any atom is -0.361 e. The Kier molecular flexibility index (Phi) is 7.69. The lowest BCUT2D eigenvalue weighted by Crippen LogP contribution is -2.50. The van der Waals surface area contributed by atoms with Gasteiger partial charge in [-0.05, 0) is 29.2 Å². The average molecular weight is 454 g/mol. The molecule has 0 fully saturated rings. The average Bonchev–Trinajstić information content (AvgIpc) is 3.28. The molecule has 0 radical (unpaired) electrons. The fraction of sp³-hybridized carbons (Fsp3) is 0.148. The largest absolute Gasteiger partial charge is 0.361 e. The van der Waals surface area contributed by atoms with Gasteiger partial charge < -0.3 is 15.6 Å².